The highest BCUT2D eigenvalue weighted by atomic mass is 32.2. The number of fused-ring (bicyclic) bond motifs is 1. The third kappa shape index (κ3) is 3.07. The van der Waals surface area contributed by atoms with Crippen LogP contribution in [0.5, 0.6) is 0 Å². The molecule has 0 saturated carbocycles. The molecular weight excluding hydrogens is 258 g/mol. The predicted octanol–water partition coefficient (Wildman–Crippen LogP) is 2.49. The van der Waals surface area contributed by atoms with Crippen molar-refractivity contribution in [3.05, 3.63) is 18.2 Å². The van der Waals surface area contributed by atoms with E-state index in [0.29, 0.717) is 5.84 Å². The van der Waals surface area contributed by atoms with Gasteiger partial charge in [0.25, 0.3) is 0 Å². The minimum atomic E-state index is -0.888. The topological polar surface area (TPSA) is 73.7 Å². The van der Waals surface area contributed by atoms with Gasteiger partial charge in [-0.15, -0.1) is 0 Å². The zero-order valence-corrected chi connectivity index (χ0v) is 10.7. The highest BCUT2D eigenvalue weighted by molar-refractivity contribution is 7.99. The lowest BCUT2D eigenvalue weighted by molar-refractivity contribution is -0.135. The monoisotopic (exact) mass is 269 g/mol. The Kier molecular flexibility index (Phi) is 3.80. The summed E-state index contributed by atoms with van der Waals surface area (Å²) in [6, 6.07) is 5.78. The van der Waals surface area contributed by atoms with E-state index in [1.165, 1.54) is 23.9 Å². The van der Waals surface area contributed by atoms with Gasteiger partial charge in [-0.3, -0.25) is 4.79 Å². The van der Waals surface area contributed by atoms with Gasteiger partial charge in [0, 0.05) is 11.9 Å². The molecule has 5 nitrogen and oxygen atoms in total. The maximum absolute atomic E-state index is 10.6. The van der Waals surface area contributed by atoms with Gasteiger partial charge in [0.2, 0.25) is 0 Å². The number of aliphatic carboxylic acids is 1. The molecule has 0 unspecified atom stereocenters. The quantitative estimate of drug-likeness (QED) is 0.729. The number of amidine groups is 1. The molecule has 7 heteroatoms. The van der Waals surface area contributed by atoms with Crippen molar-refractivity contribution >= 4 is 47.1 Å². The molecule has 0 radical (unpaired) electrons. The Hall–Kier alpha value is -1.34. The molecule has 0 aliphatic carbocycles. The molecule has 0 fully saturated rings. The summed E-state index contributed by atoms with van der Waals surface area (Å²) >= 11 is 2.91. The van der Waals surface area contributed by atoms with Crippen LogP contribution >= 0.6 is 23.9 Å². The summed E-state index contributed by atoms with van der Waals surface area (Å²) in [5.74, 6) is -0.415. The smallest absolute Gasteiger partial charge is 0.311 e. The number of carboxylic acid groups (broad SMARTS) is 1. The molecule has 0 atom stereocenters. The predicted molar refractivity (Wildman–Crippen MR) is 71.9 cm³/mol. The Morgan fingerprint density at radius 1 is 1.65 bits per heavy atom. The van der Waals surface area contributed by atoms with Crippen LogP contribution in [-0.2, 0) is 4.79 Å². The van der Waals surface area contributed by atoms with Crippen LogP contribution < -0.4 is 9.44 Å². The van der Waals surface area contributed by atoms with Gasteiger partial charge in [0.05, 0.1) is 10.6 Å². The van der Waals surface area contributed by atoms with Crippen molar-refractivity contribution < 1.29 is 9.90 Å². The van der Waals surface area contributed by atoms with E-state index in [1.54, 1.807) is 0 Å². The number of carbonyl (C=O) groups is 1. The molecular formula is C10H11N3O2S2. The molecule has 17 heavy (non-hydrogen) atoms. The van der Waals surface area contributed by atoms with E-state index in [-0.39, 0.29) is 6.42 Å². The highest BCUT2D eigenvalue weighted by Gasteiger charge is 2.14. The largest absolute Gasteiger partial charge is 0.481 e. The zero-order valence-electron chi connectivity index (χ0n) is 9.06. The fourth-order valence-corrected chi connectivity index (χ4v) is 2.48. The molecule has 0 aromatic heterocycles. The number of rotatable bonds is 4. The summed E-state index contributed by atoms with van der Waals surface area (Å²) in [4.78, 5) is 15.8. The van der Waals surface area contributed by atoms with E-state index in [0.717, 1.165) is 16.3 Å². The summed E-state index contributed by atoms with van der Waals surface area (Å²) < 4.78 is 6.06. The minimum absolute atomic E-state index is 0.0861. The van der Waals surface area contributed by atoms with Crippen molar-refractivity contribution in [2.24, 2.45) is 4.99 Å². The number of aliphatic imine (C=N–C) groups is 1. The van der Waals surface area contributed by atoms with Crippen LogP contribution in [0.3, 0.4) is 0 Å². The fourth-order valence-electron chi connectivity index (χ4n) is 1.37. The Morgan fingerprint density at radius 2 is 2.47 bits per heavy atom. The van der Waals surface area contributed by atoms with Crippen molar-refractivity contribution in [1.82, 2.24) is 4.72 Å². The SMILES string of the molecule is CSNc1ccc2c(c1)SNC(CC(=O)O)=N2. The highest BCUT2D eigenvalue weighted by Crippen LogP contribution is 2.34. The Balaban J connectivity index is 2.21. The normalized spacial score (nSPS) is 13.4. The van der Waals surface area contributed by atoms with Gasteiger partial charge in [-0.25, -0.2) is 4.99 Å². The molecule has 1 aliphatic rings. The van der Waals surface area contributed by atoms with Gasteiger partial charge in [0.15, 0.2) is 0 Å². The van der Waals surface area contributed by atoms with Crippen LogP contribution in [0.1, 0.15) is 6.42 Å². The van der Waals surface area contributed by atoms with Gasteiger partial charge >= 0.3 is 5.97 Å². The number of benzene rings is 1. The van der Waals surface area contributed by atoms with Crippen molar-refractivity contribution in [1.29, 1.82) is 0 Å². The standard InChI is InChI=1S/C10H11N3O2S2/c1-16-12-6-2-3-7-8(4-6)17-13-9(11-7)5-10(14)15/h2-4,12H,5H2,1H3,(H,11,13)(H,14,15). The molecule has 1 aromatic rings. The molecule has 3 N–H and O–H groups in total. The molecule has 2 rings (SSSR count). The van der Waals surface area contributed by atoms with Gasteiger partial charge in [-0.2, -0.15) is 0 Å². The lowest BCUT2D eigenvalue weighted by Crippen LogP contribution is -2.21. The second kappa shape index (κ2) is 5.33. The van der Waals surface area contributed by atoms with Crippen LogP contribution in [0.2, 0.25) is 0 Å². The van der Waals surface area contributed by atoms with E-state index in [1.807, 2.05) is 24.5 Å². The molecule has 1 heterocycles. The number of nitrogens with one attached hydrogen (secondary N) is 2. The maximum atomic E-state index is 10.6. The third-order valence-corrected chi connectivity index (χ3v) is 3.36. The molecule has 0 bridgehead atoms. The van der Waals surface area contributed by atoms with E-state index < -0.39 is 5.97 Å². The molecule has 0 spiro atoms. The lowest BCUT2D eigenvalue weighted by atomic mass is 10.3. The van der Waals surface area contributed by atoms with E-state index >= 15 is 0 Å². The molecule has 1 aromatic carbocycles. The molecule has 90 valence electrons. The Labute approximate surface area is 107 Å². The van der Waals surface area contributed by atoms with E-state index in [2.05, 4.69) is 14.4 Å². The van der Waals surface area contributed by atoms with Gasteiger partial charge < -0.3 is 14.6 Å². The van der Waals surface area contributed by atoms with Gasteiger partial charge in [-0.05, 0) is 30.1 Å². The van der Waals surface area contributed by atoms with Crippen LogP contribution in [0, 0.1) is 0 Å². The van der Waals surface area contributed by atoms with Crippen molar-refractivity contribution in [3.8, 4) is 0 Å². The van der Waals surface area contributed by atoms with Crippen molar-refractivity contribution in [3.63, 3.8) is 0 Å². The Bertz CT molecular complexity index is 477. The average Bonchev–Trinajstić information content (AvgIpc) is 2.29. The first-order valence-corrected chi connectivity index (χ1v) is 6.88. The first-order chi connectivity index (χ1) is 8.19. The average molecular weight is 269 g/mol. The number of carboxylic acids is 1. The Morgan fingerprint density at radius 3 is 3.18 bits per heavy atom. The van der Waals surface area contributed by atoms with Crippen molar-refractivity contribution in [2.45, 2.75) is 11.3 Å². The zero-order chi connectivity index (χ0) is 12.3. The summed E-state index contributed by atoms with van der Waals surface area (Å²) in [7, 11) is 0. The summed E-state index contributed by atoms with van der Waals surface area (Å²) in [5.41, 5.74) is 1.80. The van der Waals surface area contributed by atoms with E-state index in [4.69, 9.17) is 5.11 Å². The molecule has 1 aliphatic heterocycles. The first-order valence-electron chi connectivity index (χ1n) is 4.84. The summed E-state index contributed by atoms with van der Waals surface area (Å²) in [6.45, 7) is 0. The fraction of sp³-hybridized carbons (Fsp3) is 0.200. The van der Waals surface area contributed by atoms with Gasteiger partial charge in [-0.1, -0.05) is 11.9 Å². The van der Waals surface area contributed by atoms with Crippen LogP contribution in [0.15, 0.2) is 28.1 Å². The van der Waals surface area contributed by atoms with Crippen molar-refractivity contribution in [2.75, 3.05) is 11.0 Å². The van der Waals surface area contributed by atoms with Gasteiger partial charge in [0.1, 0.15) is 12.3 Å². The summed E-state index contributed by atoms with van der Waals surface area (Å²) in [6.07, 6.45) is 1.87. The molecule has 0 saturated heterocycles. The number of nitrogens with zero attached hydrogens (tertiary/aromatic N) is 1. The maximum Gasteiger partial charge on any atom is 0.311 e. The minimum Gasteiger partial charge on any atom is -0.481 e. The third-order valence-electron chi connectivity index (χ3n) is 2.03. The lowest BCUT2D eigenvalue weighted by Gasteiger charge is -2.16. The van der Waals surface area contributed by atoms with Crippen LogP contribution in [0.4, 0.5) is 11.4 Å². The number of anilines is 1. The first kappa shape index (κ1) is 12.1. The second-order valence-electron chi connectivity index (χ2n) is 3.32. The number of hydrogen-bond acceptors (Lipinski definition) is 6. The number of hydrogen-bond donors (Lipinski definition) is 3. The van der Waals surface area contributed by atoms with Crippen LogP contribution in [0.25, 0.3) is 0 Å². The van der Waals surface area contributed by atoms with E-state index in [9.17, 15) is 4.79 Å². The molecule has 0 amide bonds. The van der Waals surface area contributed by atoms with Crippen LogP contribution in [-0.4, -0.2) is 23.2 Å². The second-order valence-corrected chi connectivity index (χ2v) is 4.78. The summed E-state index contributed by atoms with van der Waals surface area (Å²) in [5, 5.41) is 8.68.